The molecule has 0 N–H and O–H groups in total. The van der Waals surface area contributed by atoms with Gasteiger partial charge in [0, 0.05) is 5.41 Å². The van der Waals surface area contributed by atoms with Crippen LogP contribution in [0.15, 0.2) is 16.9 Å². The minimum Gasteiger partial charge on any atom is -0.122 e. The maximum absolute atomic E-state index is 3.61. The summed E-state index contributed by atoms with van der Waals surface area (Å²) >= 11 is 0. The zero-order valence-electron chi connectivity index (χ0n) is 6.74. The van der Waals surface area contributed by atoms with Gasteiger partial charge in [-0.3, -0.25) is 0 Å². The van der Waals surface area contributed by atoms with E-state index in [0.717, 1.165) is 10.8 Å². The molecule has 0 aromatic carbocycles. The quantitative estimate of drug-likeness (QED) is 0.458. The van der Waals surface area contributed by atoms with Crippen molar-refractivity contribution in [2.45, 2.75) is 38.5 Å². The third-order valence-corrected chi connectivity index (χ3v) is 4.14. The fourth-order valence-electron chi connectivity index (χ4n) is 2.84. The Hall–Kier alpha value is -0.480. The summed E-state index contributed by atoms with van der Waals surface area (Å²) in [7, 11) is 0. The molecule has 0 aliphatic heterocycles. The smallest absolute Gasteiger partial charge is 0.00937 e. The van der Waals surface area contributed by atoms with Crippen molar-refractivity contribution < 1.29 is 0 Å². The molecule has 0 heteroatoms. The van der Waals surface area contributed by atoms with Gasteiger partial charge < -0.3 is 0 Å². The van der Waals surface area contributed by atoms with Gasteiger partial charge in [-0.2, -0.15) is 0 Å². The summed E-state index contributed by atoms with van der Waals surface area (Å²) in [5, 5.41) is 0. The van der Waals surface area contributed by atoms with Crippen LogP contribution >= 0.6 is 0 Å². The van der Waals surface area contributed by atoms with Gasteiger partial charge >= 0.3 is 0 Å². The Kier molecular flexibility index (Phi) is 0.545. The van der Waals surface area contributed by atoms with E-state index in [1.165, 1.54) is 38.5 Å². The molecule has 4 saturated carbocycles. The fourth-order valence-corrected chi connectivity index (χ4v) is 2.84. The molecule has 0 bridgehead atoms. The van der Waals surface area contributed by atoms with E-state index < -0.39 is 0 Å². The number of rotatable bonds is 0. The molecule has 0 saturated heterocycles. The summed E-state index contributed by atoms with van der Waals surface area (Å²) in [5.41, 5.74) is 8.59. The van der Waals surface area contributed by atoms with Crippen molar-refractivity contribution in [2.24, 2.45) is 10.8 Å². The van der Waals surface area contributed by atoms with Crippen molar-refractivity contribution in [1.29, 1.82) is 0 Å². The second-order valence-corrected chi connectivity index (χ2v) is 4.92. The van der Waals surface area contributed by atoms with Gasteiger partial charge in [-0.25, -0.2) is 0 Å². The third kappa shape index (κ3) is 0.479. The number of hydrogen-bond donors (Lipinski definition) is 0. The van der Waals surface area contributed by atoms with Crippen molar-refractivity contribution in [2.75, 3.05) is 0 Å². The van der Waals surface area contributed by atoms with E-state index in [1.54, 1.807) is 11.1 Å². The Bertz CT molecular complexity index is 318. The van der Waals surface area contributed by atoms with Crippen LogP contribution in [0, 0.1) is 10.8 Å². The lowest BCUT2D eigenvalue weighted by Crippen LogP contribution is -1.72. The first kappa shape index (κ1) is 5.22. The van der Waals surface area contributed by atoms with E-state index in [2.05, 4.69) is 5.73 Å². The Morgan fingerprint density at radius 2 is 2.00 bits per heavy atom. The van der Waals surface area contributed by atoms with E-state index in [4.69, 9.17) is 0 Å². The lowest BCUT2D eigenvalue weighted by molar-refractivity contribution is 0.740. The first-order chi connectivity index (χ1) is 5.35. The molecule has 0 amide bonds. The SMILES string of the molecule is C(=C1CC1)=C1CC12CC21CC1. The Labute approximate surface area is 67.0 Å². The van der Waals surface area contributed by atoms with E-state index >= 15 is 0 Å². The summed E-state index contributed by atoms with van der Waals surface area (Å²) < 4.78 is 0. The maximum Gasteiger partial charge on any atom is 0.00937 e. The van der Waals surface area contributed by atoms with Gasteiger partial charge in [-0.05, 0) is 55.1 Å². The second-order valence-electron chi connectivity index (χ2n) is 4.92. The van der Waals surface area contributed by atoms with Crippen LogP contribution in [0.25, 0.3) is 0 Å². The molecule has 4 rings (SSSR count). The van der Waals surface area contributed by atoms with E-state index in [1.807, 2.05) is 0 Å². The molecular formula is C11H12. The first-order valence-electron chi connectivity index (χ1n) is 4.83. The van der Waals surface area contributed by atoms with Gasteiger partial charge in [0.15, 0.2) is 0 Å². The lowest BCUT2D eigenvalue weighted by atomic mass is 10.2. The molecule has 0 aromatic heterocycles. The molecule has 0 aromatic rings. The minimum absolute atomic E-state index is 0.780. The second kappa shape index (κ2) is 1.15. The monoisotopic (exact) mass is 144 g/mol. The highest BCUT2D eigenvalue weighted by molar-refractivity contribution is 5.50. The van der Waals surface area contributed by atoms with Gasteiger partial charge in [0.2, 0.25) is 0 Å². The third-order valence-electron chi connectivity index (χ3n) is 4.14. The predicted octanol–water partition coefficient (Wildman–Crippen LogP) is 2.81. The van der Waals surface area contributed by atoms with Crippen LogP contribution in [0.5, 0.6) is 0 Å². The van der Waals surface area contributed by atoms with Crippen molar-refractivity contribution in [3.63, 3.8) is 0 Å². The van der Waals surface area contributed by atoms with Crippen LogP contribution in [0.2, 0.25) is 0 Å². The highest BCUT2D eigenvalue weighted by atomic mass is 14.8. The van der Waals surface area contributed by atoms with Gasteiger partial charge in [0.25, 0.3) is 0 Å². The summed E-state index contributed by atoms with van der Waals surface area (Å²) in [6.45, 7) is 0. The van der Waals surface area contributed by atoms with Gasteiger partial charge in [0.1, 0.15) is 0 Å². The van der Waals surface area contributed by atoms with Gasteiger partial charge in [-0.1, -0.05) is 0 Å². The molecule has 0 heterocycles. The predicted molar refractivity (Wildman–Crippen MR) is 43.1 cm³/mol. The van der Waals surface area contributed by atoms with Crippen LogP contribution in [0.4, 0.5) is 0 Å². The van der Waals surface area contributed by atoms with Crippen LogP contribution in [-0.4, -0.2) is 0 Å². The van der Waals surface area contributed by atoms with E-state index in [0.29, 0.717) is 0 Å². The molecule has 56 valence electrons. The van der Waals surface area contributed by atoms with E-state index in [9.17, 15) is 0 Å². The summed E-state index contributed by atoms with van der Waals surface area (Å²) in [5.74, 6) is 0. The molecule has 0 nitrogen and oxygen atoms in total. The number of hydrogen-bond acceptors (Lipinski definition) is 0. The Morgan fingerprint density at radius 1 is 1.18 bits per heavy atom. The molecule has 1 atom stereocenters. The fraction of sp³-hybridized carbons (Fsp3) is 0.727. The average Bonchev–Trinajstić information content (AvgIpc) is 2.74. The molecule has 11 heavy (non-hydrogen) atoms. The van der Waals surface area contributed by atoms with Crippen molar-refractivity contribution in [3.8, 4) is 0 Å². The Balaban J connectivity index is 1.78. The van der Waals surface area contributed by atoms with Gasteiger partial charge in [0.05, 0.1) is 0 Å². The van der Waals surface area contributed by atoms with Crippen LogP contribution < -0.4 is 0 Å². The van der Waals surface area contributed by atoms with E-state index in [-0.39, 0.29) is 0 Å². The molecule has 2 spiro atoms. The topological polar surface area (TPSA) is 0 Å². The van der Waals surface area contributed by atoms with Crippen molar-refractivity contribution >= 4 is 0 Å². The highest BCUT2D eigenvalue weighted by Crippen LogP contribution is 2.91. The summed E-state index contributed by atoms with van der Waals surface area (Å²) in [4.78, 5) is 0. The van der Waals surface area contributed by atoms with Crippen LogP contribution in [0.1, 0.15) is 38.5 Å². The van der Waals surface area contributed by atoms with Crippen molar-refractivity contribution in [1.82, 2.24) is 0 Å². The summed E-state index contributed by atoms with van der Waals surface area (Å²) in [6.07, 6.45) is 8.74. The number of fused-ring (bicyclic) bond motifs is 1. The average molecular weight is 144 g/mol. The molecule has 0 radical (unpaired) electrons. The Morgan fingerprint density at radius 3 is 2.55 bits per heavy atom. The molecular weight excluding hydrogens is 132 g/mol. The standard InChI is InChI=1S/C11H12/c1-2-8(1)5-9-6-11(9)7-10(11)3-4-10/h1-4,6-7H2. The van der Waals surface area contributed by atoms with Crippen LogP contribution in [0.3, 0.4) is 0 Å². The normalized spacial score (nSPS) is 46.2. The van der Waals surface area contributed by atoms with Gasteiger partial charge in [-0.15, -0.1) is 5.73 Å². The zero-order chi connectivity index (χ0) is 7.10. The largest absolute Gasteiger partial charge is 0.122 e. The summed E-state index contributed by atoms with van der Waals surface area (Å²) in [6, 6.07) is 0. The van der Waals surface area contributed by atoms with Crippen LogP contribution in [-0.2, 0) is 0 Å². The number of allylic oxidation sites excluding steroid dienone is 1. The highest BCUT2D eigenvalue weighted by Gasteiger charge is 2.82. The minimum atomic E-state index is 0.780. The zero-order valence-corrected chi connectivity index (χ0v) is 6.74. The first-order valence-corrected chi connectivity index (χ1v) is 4.83. The molecule has 4 fully saturated rings. The maximum atomic E-state index is 3.61. The lowest BCUT2D eigenvalue weighted by Gasteiger charge is -1.78. The van der Waals surface area contributed by atoms with Crippen molar-refractivity contribution in [3.05, 3.63) is 16.9 Å². The molecule has 4 aliphatic carbocycles. The molecule has 4 aliphatic rings. The molecule has 1 unspecified atom stereocenters.